The Kier molecular flexibility index (Phi) is 6.02. The molecule has 26 heavy (non-hydrogen) atoms. The van der Waals surface area contributed by atoms with Gasteiger partial charge in [-0.15, -0.1) is 0 Å². The maximum absolute atomic E-state index is 13.1. The van der Waals surface area contributed by atoms with Gasteiger partial charge in [0.2, 0.25) is 5.91 Å². The first kappa shape index (κ1) is 19.5. The molecule has 1 amide bonds. The summed E-state index contributed by atoms with van der Waals surface area (Å²) in [6.45, 7) is 1.57. The number of hydrogen-bond donors (Lipinski definition) is 2. The average molecular weight is 365 g/mol. The van der Waals surface area contributed by atoms with Crippen molar-refractivity contribution < 1.29 is 27.9 Å². The molecule has 0 aliphatic heterocycles. The zero-order chi connectivity index (χ0) is 19.3. The monoisotopic (exact) mass is 365 g/mol. The van der Waals surface area contributed by atoms with Crippen LogP contribution in [0.3, 0.4) is 0 Å². The van der Waals surface area contributed by atoms with E-state index >= 15 is 0 Å². The molecule has 0 aliphatic carbocycles. The third kappa shape index (κ3) is 5.34. The van der Waals surface area contributed by atoms with Gasteiger partial charge in [-0.3, -0.25) is 9.59 Å². The van der Waals surface area contributed by atoms with Gasteiger partial charge in [-0.2, -0.15) is 13.2 Å². The predicted octanol–water partition coefficient (Wildman–Crippen LogP) is 4.46. The summed E-state index contributed by atoms with van der Waals surface area (Å²) in [6, 6.07) is 11.5. The molecule has 0 spiro atoms. The third-order valence-electron chi connectivity index (χ3n) is 3.88. The minimum absolute atomic E-state index is 0.0759. The Morgan fingerprint density at radius 2 is 1.69 bits per heavy atom. The van der Waals surface area contributed by atoms with E-state index in [-0.39, 0.29) is 18.4 Å². The molecule has 7 heteroatoms. The molecule has 0 radical (unpaired) electrons. The number of halogens is 3. The average Bonchev–Trinajstić information content (AvgIpc) is 2.55. The van der Waals surface area contributed by atoms with Gasteiger partial charge in [-0.1, -0.05) is 37.3 Å². The summed E-state index contributed by atoms with van der Waals surface area (Å²) in [5.74, 6) is -1.99. The van der Waals surface area contributed by atoms with Crippen LogP contribution < -0.4 is 5.32 Å². The lowest BCUT2D eigenvalue weighted by molar-refractivity contribution is -0.138. The van der Waals surface area contributed by atoms with E-state index in [1.807, 2.05) is 0 Å². The molecule has 0 saturated heterocycles. The maximum Gasteiger partial charge on any atom is 0.416 e. The van der Waals surface area contributed by atoms with Crippen molar-refractivity contribution in [3.8, 4) is 0 Å². The first-order valence-electron chi connectivity index (χ1n) is 7.93. The van der Waals surface area contributed by atoms with Crippen molar-refractivity contribution >= 4 is 17.6 Å². The van der Waals surface area contributed by atoms with Crippen LogP contribution in [0.2, 0.25) is 0 Å². The van der Waals surface area contributed by atoms with Crippen LogP contribution in [0.15, 0.2) is 48.5 Å². The summed E-state index contributed by atoms with van der Waals surface area (Å²) < 4.78 is 39.2. The van der Waals surface area contributed by atoms with Crippen molar-refractivity contribution in [2.24, 2.45) is 0 Å². The molecule has 0 aliphatic rings. The molecule has 2 N–H and O–H groups in total. The Balaban J connectivity index is 2.03. The molecule has 0 heterocycles. The van der Waals surface area contributed by atoms with Crippen molar-refractivity contribution in [3.63, 3.8) is 0 Å². The number of anilines is 1. The molecular weight excluding hydrogens is 347 g/mol. The van der Waals surface area contributed by atoms with Crippen LogP contribution in [0.25, 0.3) is 0 Å². The lowest BCUT2D eigenvalue weighted by Gasteiger charge is -2.18. The molecule has 0 aromatic heterocycles. The van der Waals surface area contributed by atoms with Gasteiger partial charge in [0.1, 0.15) is 0 Å². The minimum Gasteiger partial charge on any atom is -0.481 e. The first-order valence-corrected chi connectivity index (χ1v) is 7.93. The van der Waals surface area contributed by atoms with Crippen molar-refractivity contribution in [1.29, 1.82) is 0 Å². The van der Waals surface area contributed by atoms with Crippen LogP contribution in [0.4, 0.5) is 18.9 Å². The fraction of sp³-hybridized carbons (Fsp3) is 0.263. The van der Waals surface area contributed by atoms with E-state index < -0.39 is 29.5 Å². The van der Waals surface area contributed by atoms with E-state index in [0.717, 1.165) is 6.07 Å². The number of rotatable bonds is 6. The number of carbonyl (C=O) groups is 2. The van der Waals surface area contributed by atoms with E-state index in [2.05, 4.69) is 5.32 Å². The highest BCUT2D eigenvalue weighted by molar-refractivity contribution is 5.91. The van der Waals surface area contributed by atoms with E-state index in [1.165, 1.54) is 18.2 Å². The molecule has 2 aromatic carbocycles. The highest BCUT2D eigenvalue weighted by Crippen LogP contribution is 2.36. The number of alkyl halides is 3. The van der Waals surface area contributed by atoms with Crippen LogP contribution in [0, 0.1) is 0 Å². The predicted molar refractivity (Wildman–Crippen MR) is 90.9 cm³/mol. The number of amides is 1. The molecule has 0 bridgehead atoms. The Bertz CT molecular complexity index is 785. The summed E-state index contributed by atoms with van der Waals surface area (Å²) in [4.78, 5) is 22.8. The second kappa shape index (κ2) is 8.03. The molecule has 1 atom stereocenters. The highest BCUT2D eigenvalue weighted by atomic mass is 19.4. The SMILES string of the molecule is CC(CC(=O)Nc1ccc(CC(=O)O)cc1)c1ccccc1C(F)(F)F. The second-order valence-electron chi connectivity index (χ2n) is 6.01. The molecule has 2 aromatic rings. The molecule has 2 rings (SSSR count). The summed E-state index contributed by atoms with van der Waals surface area (Å²) in [6.07, 6.45) is -4.70. The van der Waals surface area contributed by atoms with Crippen LogP contribution in [0.1, 0.15) is 36.0 Å². The van der Waals surface area contributed by atoms with Gasteiger partial charge in [-0.25, -0.2) is 0 Å². The number of nitrogens with one attached hydrogen (secondary N) is 1. The van der Waals surface area contributed by atoms with Gasteiger partial charge in [-0.05, 0) is 35.2 Å². The third-order valence-corrected chi connectivity index (χ3v) is 3.88. The smallest absolute Gasteiger partial charge is 0.416 e. The van der Waals surface area contributed by atoms with E-state index in [1.54, 1.807) is 31.2 Å². The van der Waals surface area contributed by atoms with E-state index in [0.29, 0.717) is 11.3 Å². The molecule has 138 valence electrons. The van der Waals surface area contributed by atoms with Crippen LogP contribution in [-0.4, -0.2) is 17.0 Å². The van der Waals surface area contributed by atoms with Gasteiger partial charge in [0.05, 0.1) is 12.0 Å². The number of hydrogen-bond acceptors (Lipinski definition) is 2. The largest absolute Gasteiger partial charge is 0.481 e. The highest BCUT2D eigenvalue weighted by Gasteiger charge is 2.34. The number of carboxylic acid groups (broad SMARTS) is 1. The number of aliphatic carboxylic acids is 1. The number of benzene rings is 2. The Hall–Kier alpha value is -2.83. The van der Waals surface area contributed by atoms with Crippen molar-refractivity contribution in [1.82, 2.24) is 0 Å². The van der Waals surface area contributed by atoms with Crippen LogP contribution >= 0.6 is 0 Å². The fourth-order valence-electron chi connectivity index (χ4n) is 2.67. The van der Waals surface area contributed by atoms with Crippen molar-refractivity contribution in [2.45, 2.75) is 31.9 Å². The summed E-state index contributed by atoms with van der Waals surface area (Å²) >= 11 is 0. The van der Waals surface area contributed by atoms with Crippen molar-refractivity contribution in [2.75, 3.05) is 5.32 Å². The molecule has 1 unspecified atom stereocenters. The first-order chi connectivity index (χ1) is 12.2. The maximum atomic E-state index is 13.1. The molecule has 4 nitrogen and oxygen atoms in total. The van der Waals surface area contributed by atoms with Gasteiger partial charge in [0.25, 0.3) is 0 Å². The van der Waals surface area contributed by atoms with Crippen LogP contribution in [-0.2, 0) is 22.2 Å². The zero-order valence-electron chi connectivity index (χ0n) is 14.0. The van der Waals surface area contributed by atoms with Crippen LogP contribution in [0.5, 0.6) is 0 Å². The number of carbonyl (C=O) groups excluding carboxylic acids is 1. The zero-order valence-corrected chi connectivity index (χ0v) is 14.0. The van der Waals surface area contributed by atoms with Gasteiger partial charge in [0, 0.05) is 12.1 Å². The van der Waals surface area contributed by atoms with Gasteiger partial charge < -0.3 is 10.4 Å². The lowest BCUT2D eigenvalue weighted by atomic mass is 9.92. The van der Waals surface area contributed by atoms with Gasteiger partial charge in [0.15, 0.2) is 0 Å². The van der Waals surface area contributed by atoms with E-state index in [9.17, 15) is 22.8 Å². The minimum atomic E-state index is -4.47. The standard InChI is InChI=1S/C19H18F3NO3/c1-12(15-4-2-3-5-16(15)19(20,21)22)10-17(24)23-14-8-6-13(7-9-14)11-18(25)26/h2-9,12H,10-11H2,1H3,(H,23,24)(H,25,26). The summed E-state index contributed by atoms with van der Waals surface area (Å²) in [5.41, 5.74) is 0.383. The Labute approximate surface area is 148 Å². The molecule has 0 fully saturated rings. The van der Waals surface area contributed by atoms with Crippen molar-refractivity contribution in [3.05, 3.63) is 65.2 Å². The Morgan fingerprint density at radius 3 is 2.27 bits per heavy atom. The van der Waals surface area contributed by atoms with Gasteiger partial charge >= 0.3 is 12.1 Å². The molecule has 0 saturated carbocycles. The molecular formula is C19H18F3NO3. The number of carboxylic acids is 1. The second-order valence-corrected chi connectivity index (χ2v) is 6.01. The van der Waals surface area contributed by atoms with E-state index in [4.69, 9.17) is 5.11 Å². The lowest BCUT2D eigenvalue weighted by Crippen LogP contribution is -2.17. The normalized spacial score (nSPS) is 12.5. The fourth-order valence-corrected chi connectivity index (χ4v) is 2.67. The summed E-state index contributed by atoms with van der Waals surface area (Å²) in [5, 5.41) is 11.3. The Morgan fingerprint density at radius 1 is 1.08 bits per heavy atom. The topological polar surface area (TPSA) is 66.4 Å². The quantitative estimate of drug-likeness (QED) is 0.794. The summed E-state index contributed by atoms with van der Waals surface area (Å²) in [7, 11) is 0.